The summed E-state index contributed by atoms with van der Waals surface area (Å²) in [6.45, 7) is 5.34. The van der Waals surface area contributed by atoms with Crippen molar-refractivity contribution in [3.8, 4) is 0 Å². The van der Waals surface area contributed by atoms with Crippen LogP contribution in [0.5, 0.6) is 0 Å². The van der Waals surface area contributed by atoms with Crippen LogP contribution in [0, 0.1) is 6.92 Å². The fraction of sp³-hybridized carbons (Fsp3) is 0.190. The van der Waals surface area contributed by atoms with Gasteiger partial charge >= 0.3 is 11.9 Å². The number of benzene rings is 1. The maximum Gasteiger partial charge on any atom is 0.328 e. The van der Waals surface area contributed by atoms with E-state index in [-0.39, 0.29) is 0 Å². The van der Waals surface area contributed by atoms with E-state index in [4.69, 9.17) is 10.2 Å². The molecule has 0 radical (unpaired) electrons. The van der Waals surface area contributed by atoms with Crippen LogP contribution in [0.1, 0.15) is 18.9 Å². The molecule has 3 rings (SSSR count). The molecule has 2 N–H and O–H groups in total. The van der Waals surface area contributed by atoms with Gasteiger partial charge in [-0.1, -0.05) is 25.1 Å². The summed E-state index contributed by atoms with van der Waals surface area (Å²) in [5.41, 5.74) is 3.72. The van der Waals surface area contributed by atoms with Gasteiger partial charge < -0.3 is 10.2 Å². The fourth-order valence-corrected chi connectivity index (χ4v) is 2.76. The molecule has 0 saturated heterocycles. The molecule has 28 heavy (non-hydrogen) atoms. The molecule has 1 aromatic carbocycles. The summed E-state index contributed by atoms with van der Waals surface area (Å²) in [6.07, 6.45) is 8.10. The van der Waals surface area contributed by atoms with Crippen molar-refractivity contribution in [1.29, 1.82) is 0 Å². The van der Waals surface area contributed by atoms with E-state index < -0.39 is 11.9 Å². The summed E-state index contributed by atoms with van der Waals surface area (Å²) in [5.74, 6) is -2.51. The zero-order chi connectivity index (χ0) is 20.5. The van der Waals surface area contributed by atoms with Crippen molar-refractivity contribution in [2.75, 3.05) is 11.6 Å². The molecule has 0 spiro atoms. The van der Waals surface area contributed by atoms with E-state index in [0.29, 0.717) is 12.2 Å². The van der Waals surface area contributed by atoms with E-state index >= 15 is 0 Å². The Balaban J connectivity index is 0.000000300. The Morgan fingerprint density at radius 2 is 1.68 bits per heavy atom. The van der Waals surface area contributed by atoms with Crippen LogP contribution in [0.3, 0.4) is 0 Å². The first kappa shape index (κ1) is 20.7. The maximum atomic E-state index is 9.55. The van der Waals surface area contributed by atoms with Gasteiger partial charge in [-0.25, -0.2) is 9.59 Å². The SMILES string of the molecule is CCCN(c1ccncc1)n1cc(C)c2ccccc21.O=C(O)/C=C\C(=O)O. The van der Waals surface area contributed by atoms with Crippen molar-refractivity contribution < 1.29 is 19.8 Å². The van der Waals surface area contributed by atoms with Crippen LogP contribution in [-0.2, 0) is 9.59 Å². The molecule has 7 nitrogen and oxygen atoms in total. The molecule has 0 amide bonds. The third-order valence-electron chi connectivity index (χ3n) is 3.92. The number of carboxylic acid groups (broad SMARTS) is 2. The Labute approximate surface area is 163 Å². The molecule has 3 aromatic rings. The number of aromatic nitrogens is 2. The smallest absolute Gasteiger partial charge is 0.328 e. The van der Waals surface area contributed by atoms with Crippen LogP contribution in [0.4, 0.5) is 5.69 Å². The molecule has 146 valence electrons. The molecule has 0 bridgehead atoms. The normalized spacial score (nSPS) is 10.5. The monoisotopic (exact) mass is 381 g/mol. The van der Waals surface area contributed by atoms with E-state index in [1.54, 1.807) is 0 Å². The molecular weight excluding hydrogens is 358 g/mol. The fourth-order valence-electron chi connectivity index (χ4n) is 2.76. The first-order valence-corrected chi connectivity index (χ1v) is 8.82. The number of aliphatic carboxylic acids is 2. The maximum absolute atomic E-state index is 9.55. The summed E-state index contributed by atoms with van der Waals surface area (Å²) in [5, 5.41) is 19.2. The minimum atomic E-state index is -1.26. The molecule has 0 aliphatic rings. The standard InChI is InChI=1S/C17H19N3.C4H4O4/c1-3-12-19(15-8-10-18-11-9-15)20-13-14(2)16-6-4-5-7-17(16)20;5-3(6)1-2-4(7)8/h4-11,13H,3,12H2,1-2H3;1-2H,(H,5,6)(H,7,8)/b;2-1-. The lowest BCUT2D eigenvalue weighted by Gasteiger charge is -2.26. The number of carboxylic acids is 2. The Bertz CT molecular complexity index is 948. The van der Waals surface area contributed by atoms with E-state index in [0.717, 1.165) is 13.0 Å². The second-order valence-electron chi connectivity index (χ2n) is 6.01. The number of anilines is 1. The van der Waals surface area contributed by atoms with Crippen LogP contribution in [0.25, 0.3) is 10.9 Å². The van der Waals surface area contributed by atoms with E-state index in [1.807, 2.05) is 12.4 Å². The highest BCUT2D eigenvalue weighted by molar-refractivity contribution is 5.89. The first-order chi connectivity index (χ1) is 13.4. The molecule has 0 saturated carbocycles. The van der Waals surface area contributed by atoms with Gasteiger partial charge in [0.2, 0.25) is 0 Å². The number of para-hydroxylation sites is 1. The number of nitrogens with zero attached hydrogens (tertiary/aromatic N) is 3. The lowest BCUT2D eigenvalue weighted by molar-refractivity contribution is -0.134. The predicted octanol–water partition coefficient (Wildman–Crippen LogP) is 3.74. The van der Waals surface area contributed by atoms with Gasteiger partial charge in [-0.05, 0) is 37.1 Å². The number of carbonyl (C=O) groups is 2. The molecule has 7 heteroatoms. The Hall–Kier alpha value is -3.61. The van der Waals surface area contributed by atoms with Crippen molar-refractivity contribution in [3.05, 3.63) is 72.7 Å². The van der Waals surface area contributed by atoms with Crippen molar-refractivity contribution >= 4 is 28.5 Å². The number of fused-ring (bicyclic) bond motifs is 1. The van der Waals surface area contributed by atoms with Crippen molar-refractivity contribution in [1.82, 2.24) is 9.66 Å². The molecular formula is C21H23N3O4. The highest BCUT2D eigenvalue weighted by atomic mass is 16.4. The summed E-state index contributed by atoms with van der Waals surface area (Å²) >= 11 is 0. The highest BCUT2D eigenvalue weighted by Gasteiger charge is 2.12. The van der Waals surface area contributed by atoms with Gasteiger partial charge in [0.15, 0.2) is 0 Å². The second-order valence-corrected chi connectivity index (χ2v) is 6.01. The number of hydrogen-bond donors (Lipinski definition) is 2. The van der Waals surface area contributed by atoms with Gasteiger partial charge in [-0.3, -0.25) is 14.7 Å². The van der Waals surface area contributed by atoms with Crippen LogP contribution in [0.2, 0.25) is 0 Å². The molecule has 2 aromatic heterocycles. The average molecular weight is 381 g/mol. The number of pyridine rings is 1. The Morgan fingerprint density at radius 3 is 2.25 bits per heavy atom. The van der Waals surface area contributed by atoms with Crippen molar-refractivity contribution in [2.24, 2.45) is 0 Å². The van der Waals surface area contributed by atoms with Gasteiger partial charge in [-0.2, -0.15) is 0 Å². The van der Waals surface area contributed by atoms with Gasteiger partial charge in [0.1, 0.15) is 0 Å². The number of rotatable bonds is 6. The summed E-state index contributed by atoms with van der Waals surface area (Å²) in [7, 11) is 0. The van der Waals surface area contributed by atoms with Gasteiger partial charge in [-0.15, -0.1) is 0 Å². The zero-order valence-electron chi connectivity index (χ0n) is 15.8. The van der Waals surface area contributed by atoms with Crippen LogP contribution >= 0.6 is 0 Å². The summed E-state index contributed by atoms with van der Waals surface area (Å²) in [4.78, 5) is 23.2. The first-order valence-electron chi connectivity index (χ1n) is 8.82. The second kappa shape index (κ2) is 9.91. The van der Waals surface area contributed by atoms with Gasteiger partial charge in [0.05, 0.1) is 11.2 Å². The average Bonchev–Trinajstić information content (AvgIpc) is 3.02. The third kappa shape index (κ3) is 5.44. The van der Waals surface area contributed by atoms with Crippen molar-refractivity contribution in [2.45, 2.75) is 20.3 Å². The summed E-state index contributed by atoms with van der Waals surface area (Å²) in [6, 6.07) is 12.6. The summed E-state index contributed by atoms with van der Waals surface area (Å²) < 4.78 is 2.25. The minimum Gasteiger partial charge on any atom is -0.478 e. The largest absolute Gasteiger partial charge is 0.478 e. The third-order valence-corrected chi connectivity index (χ3v) is 3.92. The molecule has 0 atom stereocenters. The molecule has 0 unspecified atom stereocenters. The van der Waals surface area contributed by atoms with Crippen molar-refractivity contribution in [3.63, 3.8) is 0 Å². The van der Waals surface area contributed by atoms with Crippen LogP contribution in [-0.4, -0.2) is 38.4 Å². The van der Waals surface area contributed by atoms with E-state index in [9.17, 15) is 9.59 Å². The lowest BCUT2D eigenvalue weighted by Crippen LogP contribution is -2.29. The Morgan fingerprint density at radius 1 is 1.07 bits per heavy atom. The molecule has 0 aliphatic heterocycles. The minimum absolute atomic E-state index is 0.558. The van der Waals surface area contributed by atoms with E-state index in [1.165, 1.54) is 22.2 Å². The zero-order valence-corrected chi connectivity index (χ0v) is 15.8. The topological polar surface area (TPSA) is 95.7 Å². The van der Waals surface area contributed by atoms with Crippen LogP contribution < -0.4 is 5.01 Å². The Kier molecular flexibility index (Phi) is 7.33. The number of aryl methyl sites for hydroxylation is 1. The van der Waals surface area contributed by atoms with E-state index in [2.05, 4.69) is 71.1 Å². The quantitative estimate of drug-likeness (QED) is 0.632. The van der Waals surface area contributed by atoms with Gasteiger partial charge in [0, 0.05) is 42.7 Å². The molecule has 0 fully saturated rings. The number of hydrogen-bond acceptors (Lipinski definition) is 4. The lowest BCUT2D eigenvalue weighted by atomic mass is 10.2. The molecule has 0 aliphatic carbocycles. The predicted molar refractivity (Wildman–Crippen MR) is 108 cm³/mol. The molecule has 2 heterocycles. The van der Waals surface area contributed by atoms with Crippen LogP contribution in [0.15, 0.2) is 67.1 Å². The van der Waals surface area contributed by atoms with Gasteiger partial charge in [0.25, 0.3) is 0 Å². The highest BCUT2D eigenvalue weighted by Crippen LogP contribution is 2.24.